The molecule has 1 aliphatic heterocycles. The van der Waals surface area contributed by atoms with E-state index in [-0.39, 0.29) is 25.1 Å². The van der Waals surface area contributed by atoms with E-state index >= 15 is 0 Å². The van der Waals surface area contributed by atoms with E-state index in [9.17, 15) is 4.79 Å². The number of nitrogen functional groups attached to an aromatic ring is 1. The topological polar surface area (TPSA) is 121 Å². The van der Waals surface area contributed by atoms with Crippen LogP contribution >= 0.6 is 0 Å². The highest BCUT2D eigenvalue weighted by Gasteiger charge is 2.23. The molecule has 2 aromatic rings. The van der Waals surface area contributed by atoms with Gasteiger partial charge in [0, 0.05) is 12.7 Å². The van der Waals surface area contributed by atoms with E-state index in [4.69, 9.17) is 15.0 Å². The van der Waals surface area contributed by atoms with Crippen LogP contribution < -0.4 is 11.1 Å². The molecule has 1 atom stereocenters. The average molecular weight is 306 g/mol. The van der Waals surface area contributed by atoms with Crippen molar-refractivity contribution in [2.75, 3.05) is 12.3 Å². The van der Waals surface area contributed by atoms with Gasteiger partial charge in [-0.05, 0) is 19.8 Å². The fourth-order valence-electron chi connectivity index (χ4n) is 2.30. The van der Waals surface area contributed by atoms with Crippen molar-refractivity contribution >= 4 is 11.7 Å². The number of anilines is 1. The zero-order chi connectivity index (χ0) is 15.5. The third-order valence-electron chi connectivity index (χ3n) is 3.36. The zero-order valence-electron chi connectivity index (χ0n) is 12.3. The molecular formula is C13H18N6O3. The predicted molar refractivity (Wildman–Crippen MR) is 75.4 cm³/mol. The zero-order valence-corrected chi connectivity index (χ0v) is 12.3. The fraction of sp³-hybridized carbons (Fsp3) is 0.538. The molecule has 9 heteroatoms. The van der Waals surface area contributed by atoms with Crippen molar-refractivity contribution in [1.82, 2.24) is 25.2 Å². The van der Waals surface area contributed by atoms with Crippen molar-refractivity contribution in [3.05, 3.63) is 23.5 Å². The molecular weight excluding hydrogens is 288 g/mol. The van der Waals surface area contributed by atoms with E-state index in [2.05, 4.69) is 20.6 Å². The van der Waals surface area contributed by atoms with Crippen LogP contribution in [0.5, 0.6) is 0 Å². The van der Waals surface area contributed by atoms with Crippen LogP contribution in [-0.2, 0) is 22.6 Å². The van der Waals surface area contributed by atoms with E-state index in [1.165, 1.54) is 4.68 Å². The number of nitrogens with one attached hydrogen (secondary N) is 1. The molecule has 0 radical (unpaired) electrons. The Labute approximate surface area is 126 Å². The first-order chi connectivity index (χ1) is 10.6. The summed E-state index contributed by atoms with van der Waals surface area (Å²) in [5.74, 6) is 1.11. The molecule has 3 rings (SSSR count). The van der Waals surface area contributed by atoms with Gasteiger partial charge in [0.2, 0.25) is 5.91 Å². The predicted octanol–water partition coefficient (Wildman–Crippen LogP) is 0.325. The third kappa shape index (κ3) is 3.25. The number of nitrogens with zero attached hydrogens (tertiary/aromatic N) is 4. The Morgan fingerprint density at radius 3 is 3.14 bits per heavy atom. The van der Waals surface area contributed by atoms with Crippen molar-refractivity contribution < 1.29 is 14.1 Å². The monoisotopic (exact) mass is 306 g/mol. The lowest BCUT2D eigenvalue weighted by molar-refractivity contribution is -0.122. The number of hydrogen-bond acceptors (Lipinski definition) is 7. The molecule has 1 fully saturated rings. The Kier molecular flexibility index (Phi) is 4.05. The number of amides is 1. The Hall–Kier alpha value is -2.42. The number of rotatable bonds is 5. The first-order valence-corrected chi connectivity index (χ1v) is 7.12. The molecule has 0 aliphatic carbocycles. The second-order valence-corrected chi connectivity index (χ2v) is 5.20. The van der Waals surface area contributed by atoms with Crippen LogP contribution in [0.4, 0.5) is 5.82 Å². The maximum absolute atomic E-state index is 11.9. The maximum Gasteiger partial charge on any atom is 0.255 e. The summed E-state index contributed by atoms with van der Waals surface area (Å²) in [7, 11) is 0. The largest absolute Gasteiger partial charge is 0.384 e. The molecule has 0 bridgehead atoms. The third-order valence-corrected chi connectivity index (χ3v) is 3.36. The molecule has 3 N–H and O–H groups in total. The molecule has 0 aromatic carbocycles. The van der Waals surface area contributed by atoms with E-state index in [1.54, 1.807) is 6.07 Å². The van der Waals surface area contributed by atoms with E-state index in [0.717, 1.165) is 18.5 Å². The minimum absolute atomic E-state index is 0.0517. The van der Waals surface area contributed by atoms with Crippen molar-refractivity contribution in [3.8, 4) is 0 Å². The number of ether oxygens (including phenoxy) is 1. The van der Waals surface area contributed by atoms with Crippen LogP contribution in [0.1, 0.15) is 36.4 Å². The SMILES string of the molecule is Cc1cc(N)n(CC(=O)NCc2noc(C3CCCO3)n2)n1. The molecule has 0 spiro atoms. The van der Waals surface area contributed by atoms with Crippen LogP contribution in [0.3, 0.4) is 0 Å². The quantitative estimate of drug-likeness (QED) is 0.816. The molecule has 1 unspecified atom stereocenters. The Morgan fingerprint density at radius 1 is 1.59 bits per heavy atom. The standard InChI is InChI=1S/C13H18N6O3/c1-8-5-10(14)19(17-8)7-12(20)15-6-11-16-13(22-18-11)9-3-2-4-21-9/h5,9H,2-4,6-7,14H2,1H3,(H,15,20). The average Bonchev–Trinajstić information content (AvgIpc) is 3.19. The van der Waals surface area contributed by atoms with Crippen LogP contribution in [0.25, 0.3) is 0 Å². The van der Waals surface area contributed by atoms with Crippen molar-refractivity contribution in [2.45, 2.75) is 39.0 Å². The Bertz CT molecular complexity index is 659. The molecule has 1 amide bonds. The molecule has 0 saturated carbocycles. The number of aryl methyl sites for hydroxylation is 1. The van der Waals surface area contributed by atoms with Crippen molar-refractivity contribution in [3.63, 3.8) is 0 Å². The highest BCUT2D eigenvalue weighted by molar-refractivity contribution is 5.75. The summed E-state index contributed by atoms with van der Waals surface area (Å²) in [6.07, 6.45) is 1.75. The second-order valence-electron chi connectivity index (χ2n) is 5.20. The van der Waals surface area contributed by atoms with Gasteiger partial charge in [-0.2, -0.15) is 10.1 Å². The molecule has 1 aliphatic rings. The van der Waals surface area contributed by atoms with Gasteiger partial charge < -0.3 is 20.3 Å². The van der Waals surface area contributed by atoms with E-state index < -0.39 is 0 Å². The van der Waals surface area contributed by atoms with Gasteiger partial charge in [-0.15, -0.1) is 0 Å². The van der Waals surface area contributed by atoms with Crippen LogP contribution in [0.15, 0.2) is 10.6 Å². The highest BCUT2D eigenvalue weighted by atomic mass is 16.5. The molecule has 1 saturated heterocycles. The lowest BCUT2D eigenvalue weighted by atomic mass is 10.2. The van der Waals surface area contributed by atoms with E-state index in [1.807, 2.05) is 6.92 Å². The lowest BCUT2D eigenvalue weighted by Gasteiger charge is -2.04. The normalized spacial score (nSPS) is 17.8. The first-order valence-electron chi connectivity index (χ1n) is 7.12. The van der Waals surface area contributed by atoms with E-state index in [0.29, 0.717) is 24.1 Å². The molecule has 3 heterocycles. The summed E-state index contributed by atoms with van der Waals surface area (Å²) in [5.41, 5.74) is 6.51. The first kappa shape index (κ1) is 14.5. The highest BCUT2D eigenvalue weighted by Crippen LogP contribution is 2.26. The van der Waals surface area contributed by atoms with Gasteiger partial charge in [-0.1, -0.05) is 5.16 Å². The summed E-state index contributed by atoms with van der Waals surface area (Å²) in [4.78, 5) is 16.1. The van der Waals surface area contributed by atoms with Crippen LogP contribution in [-0.4, -0.2) is 32.4 Å². The Morgan fingerprint density at radius 2 is 2.45 bits per heavy atom. The van der Waals surface area contributed by atoms with Gasteiger partial charge in [-0.3, -0.25) is 4.79 Å². The maximum atomic E-state index is 11.9. The fourth-order valence-corrected chi connectivity index (χ4v) is 2.30. The van der Waals surface area contributed by atoms with Gasteiger partial charge in [0.25, 0.3) is 5.89 Å². The van der Waals surface area contributed by atoms with Gasteiger partial charge >= 0.3 is 0 Å². The number of carbonyl (C=O) groups is 1. The molecule has 22 heavy (non-hydrogen) atoms. The smallest absolute Gasteiger partial charge is 0.255 e. The van der Waals surface area contributed by atoms with Crippen LogP contribution in [0, 0.1) is 6.92 Å². The summed E-state index contributed by atoms with van der Waals surface area (Å²) in [6.45, 7) is 2.77. The molecule has 2 aromatic heterocycles. The summed E-state index contributed by atoms with van der Waals surface area (Å²) in [5, 5.41) is 10.7. The summed E-state index contributed by atoms with van der Waals surface area (Å²) >= 11 is 0. The van der Waals surface area contributed by atoms with Gasteiger partial charge in [0.1, 0.15) is 18.5 Å². The van der Waals surface area contributed by atoms with Crippen molar-refractivity contribution in [2.24, 2.45) is 0 Å². The number of aromatic nitrogens is 4. The summed E-state index contributed by atoms with van der Waals surface area (Å²) < 4.78 is 12.1. The van der Waals surface area contributed by atoms with Gasteiger partial charge in [0.05, 0.1) is 12.2 Å². The number of hydrogen-bond donors (Lipinski definition) is 2. The summed E-state index contributed by atoms with van der Waals surface area (Å²) in [6, 6.07) is 1.71. The van der Waals surface area contributed by atoms with Crippen LogP contribution in [0.2, 0.25) is 0 Å². The van der Waals surface area contributed by atoms with Gasteiger partial charge in [0.15, 0.2) is 5.82 Å². The second kappa shape index (κ2) is 6.14. The minimum Gasteiger partial charge on any atom is -0.384 e. The lowest BCUT2D eigenvalue weighted by Crippen LogP contribution is -2.28. The Balaban J connectivity index is 1.51. The number of carbonyl (C=O) groups excluding carboxylic acids is 1. The van der Waals surface area contributed by atoms with Crippen molar-refractivity contribution in [1.29, 1.82) is 0 Å². The minimum atomic E-state index is -0.224. The number of nitrogens with two attached hydrogens (primary N) is 1. The molecule has 9 nitrogen and oxygen atoms in total. The van der Waals surface area contributed by atoms with Gasteiger partial charge in [-0.25, -0.2) is 4.68 Å². The molecule has 118 valence electrons.